The van der Waals surface area contributed by atoms with Crippen LogP contribution in [0, 0.1) is 0 Å². The fraction of sp³-hybridized carbons (Fsp3) is 0. The van der Waals surface area contributed by atoms with Gasteiger partial charge in [-0.15, -0.1) is 0 Å². The summed E-state index contributed by atoms with van der Waals surface area (Å²) in [6, 6.07) is 12.5. The van der Waals surface area contributed by atoms with Crippen molar-refractivity contribution < 1.29 is 33.3 Å². The van der Waals surface area contributed by atoms with E-state index < -0.39 is 7.82 Å². The molecular formula is C18H9Cl6O7P. The van der Waals surface area contributed by atoms with Crippen molar-refractivity contribution in [3.05, 3.63) is 84.7 Å². The van der Waals surface area contributed by atoms with Crippen LogP contribution in [-0.4, -0.2) is 0 Å². The Morgan fingerprint density at radius 3 is 1.03 bits per heavy atom. The summed E-state index contributed by atoms with van der Waals surface area (Å²) in [5.74, 6) is -0.173. The highest BCUT2D eigenvalue weighted by Crippen LogP contribution is 2.51. The zero-order valence-corrected chi connectivity index (χ0v) is 20.7. The Bertz CT molecular complexity index is 1020. The van der Waals surface area contributed by atoms with Gasteiger partial charge in [-0.25, -0.2) is 4.57 Å². The van der Waals surface area contributed by atoms with E-state index in [2.05, 4.69) is 0 Å². The van der Waals surface area contributed by atoms with Crippen LogP contribution < -0.4 is 14.7 Å². The highest BCUT2D eigenvalue weighted by molar-refractivity contribution is 7.48. The Morgan fingerprint density at radius 1 is 0.500 bits per heavy atom. The summed E-state index contributed by atoms with van der Waals surface area (Å²) in [5, 5.41) is 1.14. The van der Waals surface area contributed by atoms with Crippen molar-refractivity contribution in [2.75, 3.05) is 0 Å². The van der Waals surface area contributed by atoms with E-state index in [1.165, 1.54) is 54.6 Å². The van der Waals surface area contributed by atoms with Crippen LogP contribution in [0.1, 0.15) is 0 Å². The fourth-order valence-corrected chi connectivity index (χ4v) is 3.83. The molecule has 0 amide bonds. The van der Waals surface area contributed by atoms with Gasteiger partial charge in [0.2, 0.25) is 0 Å². The third-order valence-electron chi connectivity index (χ3n) is 3.34. The van der Waals surface area contributed by atoms with E-state index in [1.807, 2.05) is 0 Å². The molecule has 0 aliphatic carbocycles. The molecule has 0 heterocycles. The van der Waals surface area contributed by atoms with Crippen LogP contribution in [0.25, 0.3) is 0 Å². The molecule has 7 nitrogen and oxygen atoms in total. The van der Waals surface area contributed by atoms with Crippen LogP contribution in [0.4, 0.5) is 0 Å². The summed E-state index contributed by atoms with van der Waals surface area (Å²) in [4.78, 5) is 14.9. The number of rotatable bonds is 9. The summed E-state index contributed by atoms with van der Waals surface area (Å²) in [6.45, 7) is 0. The lowest BCUT2D eigenvalue weighted by atomic mass is 10.3. The molecule has 3 rings (SSSR count). The second-order valence-corrected chi connectivity index (χ2v) is 9.52. The zero-order chi connectivity index (χ0) is 23.3. The number of benzene rings is 3. The average molecular weight is 581 g/mol. The summed E-state index contributed by atoms with van der Waals surface area (Å²) >= 11 is 35.5. The normalized spacial score (nSPS) is 11.3. The van der Waals surface area contributed by atoms with Crippen LogP contribution in [-0.2, 0) is 18.6 Å². The monoisotopic (exact) mass is 578 g/mol. The minimum Gasteiger partial charge on any atom is -0.325 e. The highest BCUT2D eigenvalue weighted by atomic mass is 35.5. The fourth-order valence-electron chi connectivity index (χ4n) is 1.92. The molecule has 0 aliphatic heterocycles. The Kier molecular flexibility index (Phi) is 9.06. The van der Waals surface area contributed by atoms with Crippen molar-refractivity contribution in [1.82, 2.24) is 0 Å². The van der Waals surface area contributed by atoms with E-state index in [0.29, 0.717) is 15.1 Å². The molecule has 0 saturated heterocycles. The standard InChI is InChI=1S/C18H9Cl6O7P/c19-10-1-4-16(13(22)7-10)26-29-32(25,30-27-17-5-2-11(20)8-14(17)23)31-28-18-6-3-12(21)9-15(18)24/h1-9H. The van der Waals surface area contributed by atoms with Crippen LogP contribution in [0.3, 0.4) is 0 Å². The maximum atomic E-state index is 13.0. The second kappa shape index (κ2) is 11.4. The molecule has 0 radical (unpaired) electrons. The largest absolute Gasteiger partial charge is 0.583 e. The third kappa shape index (κ3) is 7.20. The molecule has 170 valence electrons. The topological polar surface area (TPSA) is 72.5 Å². The SMILES string of the molecule is O=P(OOc1ccc(Cl)cc1Cl)(OOc1ccc(Cl)cc1Cl)OOc1ccc(Cl)cc1Cl. The summed E-state index contributed by atoms with van der Waals surface area (Å²) < 4.78 is 27.4. The maximum Gasteiger partial charge on any atom is 0.583 e. The first kappa shape index (κ1) is 25.5. The molecule has 0 atom stereocenters. The van der Waals surface area contributed by atoms with Gasteiger partial charge in [-0.1, -0.05) is 83.6 Å². The van der Waals surface area contributed by atoms with Gasteiger partial charge in [0.25, 0.3) is 0 Å². The molecular weight excluding hydrogens is 572 g/mol. The van der Waals surface area contributed by atoms with E-state index in [-0.39, 0.29) is 32.3 Å². The molecule has 3 aromatic rings. The van der Waals surface area contributed by atoms with Crippen LogP contribution >= 0.6 is 77.4 Å². The first-order valence-corrected chi connectivity index (χ1v) is 11.9. The van der Waals surface area contributed by atoms with Gasteiger partial charge in [0.15, 0.2) is 17.2 Å². The molecule has 0 bridgehead atoms. The second-order valence-electron chi connectivity index (χ2n) is 5.65. The predicted molar refractivity (Wildman–Crippen MR) is 122 cm³/mol. The quantitative estimate of drug-likeness (QED) is 0.142. The summed E-state index contributed by atoms with van der Waals surface area (Å²) in [7, 11) is -4.75. The predicted octanol–water partition coefficient (Wildman–Crippen LogP) is 9.05. The first-order chi connectivity index (χ1) is 15.1. The lowest BCUT2D eigenvalue weighted by Gasteiger charge is -2.16. The van der Waals surface area contributed by atoms with Crippen molar-refractivity contribution >= 4 is 77.4 Å². The lowest BCUT2D eigenvalue weighted by Crippen LogP contribution is -2.08. The Balaban J connectivity index is 1.77. The molecule has 32 heavy (non-hydrogen) atoms. The van der Waals surface area contributed by atoms with Gasteiger partial charge in [0, 0.05) is 15.1 Å². The summed E-state index contributed by atoms with van der Waals surface area (Å²) in [6.07, 6.45) is 0. The zero-order valence-electron chi connectivity index (χ0n) is 15.3. The van der Waals surface area contributed by atoms with Crippen molar-refractivity contribution in [1.29, 1.82) is 0 Å². The number of hydrogen-bond acceptors (Lipinski definition) is 7. The number of phosphoric acid groups is 1. The van der Waals surface area contributed by atoms with Crippen molar-refractivity contribution in [3.8, 4) is 17.2 Å². The molecule has 0 spiro atoms. The van der Waals surface area contributed by atoms with E-state index in [1.54, 1.807) is 0 Å². The molecule has 0 unspecified atom stereocenters. The van der Waals surface area contributed by atoms with Crippen molar-refractivity contribution in [3.63, 3.8) is 0 Å². The minimum atomic E-state index is -4.75. The van der Waals surface area contributed by atoms with Crippen LogP contribution in [0.5, 0.6) is 17.2 Å². The molecule has 0 saturated carbocycles. The van der Waals surface area contributed by atoms with E-state index >= 15 is 0 Å². The Labute approximate surface area is 211 Å². The van der Waals surface area contributed by atoms with Gasteiger partial charge < -0.3 is 14.7 Å². The molecule has 0 N–H and O–H groups in total. The van der Waals surface area contributed by atoms with Gasteiger partial charge in [0.1, 0.15) is 0 Å². The molecule has 0 fully saturated rings. The van der Waals surface area contributed by atoms with E-state index in [4.69, 9.17) is 98.3 Å². The van der Waals surface area contributed by atoms with Gasteiger partial charge in [-0.2, -0.15) is 0 Å². The smallest absolute Gasteiger partial charge is 0.325 e. The average Bonchev–Trinajstić information content (AvgIpc) is 2.72. The molecule has 3 aromatic carbocycles. The van der Waals surface area contributed by atoms with E-state index in [9.17, 15) is 4.57 Å². The molecule has 14 heteroatoms. The Hall–Kier alpha value is -1.09. The minimum absolute atomic E-state index is 0.0485. The molecule has 0 aliphatic rings. The third-order valence-corrected chi connectivity index (χ3v) is 5.70. The Morgan fingerprint density at radius 2 is 0.781 bits per heavy atom. The van der Waals surface area contributed by atoms with Gasteiger partial charge >= 0.3 is 7.82 Å². The van der Waals surface area contributed by atoms with Gasteiger partial charge in [0.05, 0.1) is 15.1 Å². The lowest BCUT2D eigenvalue weighted by molar-refractivity contribution is -0.237. The van der Waals surface area contributed by atoms with Crippen molar-refractivity contribution in [2.45, 2.75) is 0 Å². The summed E-state index contributed by atoms with van der Waals surface area (Å²) in [5.41, 5.74) is 0. The number of halogens is 6. The number of hydrogen-bond donors (Lipinski definition) is 0. The van der Waals surface area contributed by atoms with Crippen LogP contribution in [0.15, 0.2) is 54.6 Å². The van der Waals surface area contributed by atoms with Crippen LogP contribution in [0.2, 0.25) is 30.1 Å². The highest BCUT2D eigenvalue weighted by Gasteiger charge is 2.36. The van der Waals surface area contributed by atoms with E-state index in [0.717, 1.165) is 0 Å². The first-order valence-electron chi connectivity index (χ1n) is 8.19. The van der Waals surface area contributed by atoms with Crippen molar-refractivity contribution in [2.24, 2.45) is 0 Å². The maximum absolute atomic E-state index is 13.0. The molecule has 0 aromatic heterocycles. The van der Waals surface area contributed by atoms with Gasteiger partial charge in [-0.05, 0) is 54.6 Å². The van der Waals surface area contributed by atoms with Gasteiger partial charge in [-0.3, -0.25) is 0 Å².